The predicted molar refractivity (Wildman–Crippen MR) is 77.9 cm³/mol. The van der Waals surface area contributed by atoms with E-state index >= 15 is 0 Å². The first-order chi connectivity index (χ1) is 9.10. The van der Waals surface area contributed by atoms with Crippen LogP contribution >= 0.6 is 0 Å². The molecule has 0 aromatic carbocycles. The van der Waals surface area contributed by atoms with Crippen molar-refractivity contribution in [3.05, 3.63) is 0 Å². The van der Waals surface area contributed by atoms with Crippen LogP contribution in [0.3, 0.4) is 0 Å². The third-order valence-electron chi connectivity index (χ3n) is 3.51. The number of carbonyl (C=O) groups is 1. The summed E-state index contributed by atoms with van der Waals surface area (Å²) in [6, 6.07) is 0.0286. The maximum absolute atomic E-state index is 12.4. The van der Waals surface area contributed by atoms with Crippen LogP contribution in [-0.2, 0) is 9.53 Å². The van der Waals surface area contributed by atoms with Gasteiger partial charge in [-0.2, -0.15) is 0 Å². The van der Waals surface area contributed by atoms with E-state index < -0.39 is 0 Å². The molecule has 2 atom stereocenters. The molecule has 1 N–H and O–H groups in total. The molecule has 1 heterocycles. The van der Waals surface area contributed by atoms with Crippen molar-refractivity contribution < 1.29 is 9.53 Å². The zero-order chi connectivity index (χ0) is 14.3. The van der Waals surface area contributed by atoms with E-state index in [4.69, 9.17) is 4.74 Å². The zero-order valence-corrected chi connectivity index (χ0v) is 12.9. The number of hydrogen-bond acceptors (Lipinski definition) is 3. The van der Waals surface area contributed by atoms with Crippen LogP contribution in [-0.4, -0.2) is 42.8 Å². The normalized spacial score (nSPS) is 23.6. The Morgan fingerprint density at radius 3 is 2.68 bits per heavy atom. The van der Waals surface area contributed by atoms with Crippen LogP contribution in [0, 0.1) is 5.92 Å². The van der Waals surface area contributed by atoms with E-state index in [2.05, 4.69) is 26.1 Å². The van der Waals surface area contributed by atoms with Gasteiger partial charge in [0.1, 0.15) is 0 Å². The Labute approximate surface area is 117 Å². The van der Waals surface area contributed by atoms with E-state index in [-0.39, 0.29) is 18.1 Å². The SMILES string of the molecule is CCCC1NC(CC(C)C)N(CCCOCC)C1=O. The van der Waals surface area contributed by atoms with Crippen molar-refractivity contribution in [1.29, 1.82) is 0 Å². The zero-order valence-electron chi connectivity index (χ0n) is 12.9. The Morgan fingerprint density at radius 1 is 1.37 bits per heavy atom. The van der Waals surface area contributed by atoms with E-state index in [0.29, 0.717) is 5.92 Å². The number of amides is 1. The first kappa shape index (κ1) is 16.4. The lowest BCUT2D eigenvalue weighted by atomic mass is 10.1. The number of hydrogen-bond donors (Lipinski definition) is 1. The summed E-state index contributed by atoms with van der Waals surface area (Å²) in [5.74, 6) is 0.879. The fourth-order valence-corrected chi connectivity index (χ4v) is 2.63. The summed E-state index contributed by atoms with van der Waals surface area (Å²) in [6.45, 7) is 10.8. The molecule has 0 aromatic heterocycles. The predicted octanol–water partition coefficient (Wildman–Crippen LogP) is 2.39. The lowest BCUT2D eigenvalue weighted by Gasteiger charge is -2.25. The Hall–Kier alpha value is -0.610. The topological polar surface area (TPSA) is 41.6 Å². The Balaban J connectivity index is 2.52. The second kappa shape index (κ2) is 8.54. The minimum Gasteiger partial charge on any atom is -0.382 e. The summed E-state index contributed by atoms with van der Waals surface area (Å²) in [4.78, 5) is 14.4. The van der Waals surface area contributed by atoms with Crippen molar-refractivity contribution in [2.24, 2.45) is 5.92 Å². The van der Waals surface area contributed by atoms with Gasteiger partial charge in [-0.1, -0.05) is 27.2 Å². The van der Waals surface area contributed by atoms with Gasteiger partial charge in [0.25, 0.3) is 0 Å². The molecule has 4 nitrogen and oxygen atoms in total. The lowest BCUT2D eigenvalue weighted by molar-refractivity contribution is -0.130. The molecule has 1 amide bonds. The van der Waals surface area contributed by atoms with Crippen molar-refractivity contribution in [2.45, 2.75) is 65.6 Å². The highest BCUT2D eigenvalue weighted by atomic mass is 16.5. The van der Waals surface area contributed by atoms with Gasteiger partial charge in [-0.05, 0) is 32.1 Å². The third kappa shape index (κ3) is 5.11. The van der Waals surface area contributed by atoms with E-state index in [1.807, 2.05) is 11.8 Å². The van der Waals surface area contributed by atoms with Crippen molar-refractivity contribution in [2.75, 3.05) is 19.8 Å². The van der Waals surface area contributed by atoms with Crippen LogP contribution in [0.5, 0.6) is 0 Å². The molecule has 2 unspecified atom stereocenters. The molecule has 4 heteroatoms. The van der Waals surface area contributed by atoms with Crippen LogP contribution < -0.4 is 5.32 Å². The summed E-state index contributed by atoms with van der Waals surface area (Å²) >= 11 is 0. The van der Waals surface area contributed by atoms with Gasteiger partial charge in [0, 0.05) is 19.8 Å². The van der Waals surface area contributed by atoms with E-state index in [1.54, 1.807) is 0 Å². The number of nitrogens with one attached hydrogen (secondary N) is 1. The van der Waals surface area contributed by atoms with Gasteiger partial charge in [-0.3, -0.25) is 10.1 Å². The van der Waals surface area contributed by atoms with Gasteiger partial charge in [-0.15, -0.1) is 0 Å². The van der Waals surface area contributed by atoms with Gasteiger partial charge >= 0.3 is 0 Å². The second-order valence-corrected chi connectivity index (χ2v) is 5.74. The summed E-state index contributed by atoms with van der Waals surface area (Å²) < 4.78 is 5.36. The average molecular weight is 270 g/mol. The van der Waals surface area contributed by atoms with Gasteiger partial charge < -0.3 is 9.64 Å². The van der Waals surface area contributed by atoms with E-state index in [9.17, 15) is 4.79 Å². The van der Waals surface area contributed by atoms with Crippen LogP contribution in [0.15, 0.2) is 0 Å². The smallest absolute Gasteiger partial charge is 0.241 e. The van der Waals surface area contributed by atoms with Crippen LogP contribution in [0.4, 0.5) is 0 Å². The molecular weight excluding hydrogens is 240 g/mol. The van der Waals surface area contributed by atoms with Gasteiger partial charge in [0.05, 0.1) is 12.2 Å². The number of rotatable bonds is 9. The largest absolute Gasteiger partial charge is 0.382 e. The molecule has 0 bridgehead atoms. The monoisotopic (exact) mass is 270 g/mol. The Morgan fingerprint density at radius 2 is 2.11 bits per heavy atom. The van der Waals surface area contributed by atoms with Gasteiger partial charge in [-0.25, -0.2) is 0 Å². The number of carbonyl (C=O) groups excluding carboxylic acids is 1. The highest BCUT2D eigenvalue weighted by Crippen LogP contribution is 2.20. The van der Waals surface area contributed by atoms with Crippen LogP contribution in [0.2, 0.25) is 0 Å². The van der Waals surface area contributed by atoms with E-state index in [0.717, 1.165) is 45.4 Å². The van der Waals surface area contributed by atoms with E-state index in [1.165, 1.54) is 0 Å². The minimum atomic E-state index is 0.0286. The maximum atomic E-state index is 12.4. The maximum Gasteiger partial charge on any atom is 0.241 e. The third-order valence-corrected chi connectivity index (χ3v) is 3.51. The second-order valence-electron chi connectivity index (χ2n) is 5.74. The molecule has 1 rings (SSSR count). The summed E-state index contributed by atoms with van der Waals surface area (Å²) in [7, 11) is 0. The quantitative estimate of drug-likeness (QED) is 0.654. The number of nitrogens with zero attached hydrogens (tertiary/aromatic N) is 1. The fraction of sp³-hybridized carbons (Fsp3) is 0.933. The standard InChI is InChI=1S/C15H30N2O2/c1-5-8-13-15(18)17(9-7-10-19-6-2)14(16-13)11-12(3)4/h12-14,16H,5-11H2,1-4H3. The molecule has 1 aliphatic heterocycles. The average Bonchev–Trinajstić information content (AvgIpc) is 2.62. The highest BCUT2D eigenvalue weighted by molar-refractivity contribution is 5.84. The summed E-state index contributed by atoms with van der Waals surface area (Å²) in [5, 5.41) is 3.50. The Kier molecular flexibility index (Phi) is 7.39. The van der Waals surface area contributed by atoms with Crippen LogP contribution in [0.25, 0.3) is 0 Å². The lowest BCUT2D eigenvalue weighted by Crippen LogP contribution is -2.39. The molecule has 1 aliphatic rings. The molecule has 1 fully saturated rings. The molecule has 0 saturated carbocycles. The first-order valence-electron chi connectivity index (χ1n) is 7.74. The molecular formula is C15H30N2O2. The van der Waals surface area contributed by atoms with Crippen molar-refractivity contribution in [3.63, 3.8) is 0 Å². The molecule has 0 aromatic rings. The molecule has 1 saturated heterocycles. The minimum absolute atomic E-state index is 0.0286. The van der Waals surface area contributed by atoms with Crippen molar-refractivity contribution >= 4 is 5.91 Å². The van der Waals surface area contributed by atoms with Gasteiger partial charge in [0.15, 0.2) is 0 Å². The first-order valence-corrected chi connectivity index (χ1v) is 7.74. The molecule has 112 valence electrons. The number of ether oxygens (including phenoxy) is 1. The highest BCUT2D eigenvalue weighted by Gasteiger charge is 2.37. The van der Waals surface area contributed by atoms with Crippen molar-refractivity contribution in [3.8, 4) is 0 Å². The fourth-order valence-electron chi connectivity index (χ4n) is 2.63. The Bertz CT molecular complexity index is 269. The molecule has 0 spiro atoms. The van der Waals surface area contributed by atoms with Crippen molar-refractivity contribution in [1.82, 2.24) is 10.2 Å². The summed E-state index contributed by atoms with van der Waals surface area (Å²) in [6.07, 6.45) is 4.15. The van der Waals surface area contributed by atoms with Crippen LogP contribution in [0.1, 0.15) is 53.4 Å². The molecule has 0 radical (unpaired) electrons. The molecule has 0 aliphatic carbocycles. The molecule has 19 heavy (non-hydrogen) atoms. The summed E-state index contributed by atoms with van der Waals surface area (Å²) in [5.41, 5.74) is 0. The van der Waals surface area contributed by atoms with Gasteiger partial charge in [0.2, 0.25) is 5.91 Å².